The van der Waals surface area contributed by atoms with Crippen LogP contribution in [0.2, 0.25) is 0 Å². The zero-order valence-corrected chi connectivity index (χ0v) is 12.3. The summed E-state index contributed by atoms with van der Waals surface area (Å²) in [6, 6.07) is 1.78. The van der Waals surface area contributed by atoms with Gasteiger partial charge in [0.15, 0.2) is 5.78 Å². The van der Waals surface area contributed by atoms with Gasteiger partial charge < -0.3 is 9.64 Å². The number of aromatic nitrogens is 1. The van der Waals surface area contributed by atoms with E-state index >= 15 is 0 Å². The molecule has 4 heteroatoms. The molecule has 0 saturated carbocycles. The van der Waals surface area contributed by atoms with Crippen LogP contribution in [0.15, 0.2) is 18.5 Å². The molecule has 0 fully saturated rings. The van der Waals surface area contributed by atoms with Gasteiger partial charge in [-0.3, -0.25) is 9.78 Å². The molecule has 0 aliphatic carbocycles. The second-order valence-corrected chi connectivity index (χ2v) is 4.78. The van der Waals surface area contributed by atoms with E-state index in [-0.39, 0.29) is 11.9 Å². The minimum Gasteiger partial charge on any atom is -0.489 e. The lowest BCUT2D eigenvalue weighted by Crippen LogP contribution is -2.25. The summed E-state index contributed by atoms with van der Waals surface area (Å²) in [7, 11) is 0. The number of carbonyl (C=O) groups excluding carboxylic acids is 1. The first-order valence-corrected chi connectivity index (χ1v) is 6.94. The van der Waals surface area contributed by atoms with Crippen LogP contribution in [-0.4, -0.2) is 41.4 Å². The molecule has 4 nitrogen and oxygen atoms in total. The van der Waals surface area contributed by atoms with E-state index in [1.54, 1.807) is 18.5 Å². The lowest BCUT2D eigenvalue weighted by molar-refractivity contribution is 0.0965. The molecule has 0 aliphatic heterocycles. The maximum atomic E-state index is 12.1. The third-order valence-corrected chi connectivity index (χ3v) is 2.96. The highest BCUT2D eigenvalue weighted by Gasteiger charge is 2.10. The molecule has 1 heterocycles. The standard InChI is InChI=1S/C15H24N2O2/c1-5-17(6-2)8-7-15(18)13-9-14(11-16-10-13)19-12(3)4/h9-12H,5-8H2,1-4H3. The van der Waals surface area contributed by atoms with Gasteiger partial charge in [-0.25, -0.2) is 0 Å². The zero-order valence-electron chi connectivity index (χ0n) is 12.3. The lowest BCUT2D eigenvalue weighted by Gasteiger charge is -2.17. The normalized spacial score (nSPS) is 11.1. The van der Waals surface area contributed by atoms with Crippen molar-refractivity contribution in [2.24, 2.45) is 0 Å². The summed E-state index contributed by atoms with van der Waals surface area (Å²) in [5, 5.41) is 0. The minimum absolute atomic E-state index is 0.0860. The summed E-state index contributed by atoms with van der Waals surface area (Å²) in [6.07, 6.45) is 3.86. The number of Topliss-reactive ketones (excluding diaryl/α,β-unsaturated/α-hetero) is 1. The monoisotopic (exact) mass is 264 g/mol. The van der Waals surface area contributed by atoms with Crippen molar-refractivity contribution in [2.75, 3.05) is 19.6 Å². The van der Waals surface area contributed by atoms with Gasteiger partial charge in [-0.1, -0.05) is 13.8 Å². The molecule has 0 atom stereocenters. The average Bonchev–Trinajstić information content (AvgIpc) is 2.39. The molecule has 1 aromatic rings. The summed E-state index contributed by atoms with van der Waals surface area (Å²) in [6.45, 7) is 10.8. The SMILES string of the molecule is CCN(CC)CCC(=O)c1cncc(OC(C)C)c1. The quantitative estimate of drug-likeness (QED) is 0.677. The molecular formula is C15H24N2O2. The molecule has 0 bridgehead atoms. The van der Waals surface area contributed by atoms with Gasteiger partial charge in [-0.15, -0.1) is 0 Å². The van der Waals surface area contributed by atoms with Crippen LogP contribution in [-0.2, 0) is 0 Å². The molecule has 1 aromatic heterocycles. The number of hydrogen-bond acceptors (Lipinski definition) is 4. The van der Waals surface area contributed by atoms with E-state index in [9.17, 15) is 4.79 Å². The number of pyridine rings is 1. The van der Waals surface area contributed by atoms with Crippen molar-refractivity contribution in [3.05, 3.63) is 24.0 Å². The first kappa shape index (κ1) is 15.6. The van der Waals surface area contributed by atoms with E-state index in [0.717, 1.165) is 19.6 Å². The van der Waals surface area contributed by atoms with Crippen LogP contribution in [0.1, 0.15) is 44.5 Å². The zero-order chi connectivity index (χ0) is 14.3. The molecule has 0 aromatic carbocycles. The Labute approximate surface area is 115 Å². The Kier molecular flexibility index (Phi) is 6.50. The van der Waals surface area contributed by atoms with Crippen molar-refractivity contribution in [3.63, 3.8) is 0 Å². The topological polar surface area (TPSA) is 42.4 Å². The van der Waals surface area contributed by atoms with Gasteiger partial charge in [0, 0.05) is 24.7 Å². The van der Waals surface area contributed by atoms with Gasteiger partial charge in [0.25, 0.3) is 0 Å². The lowest BCUT2D eigenvalue weighted by atomic mass is 10.1. The van der Waals surface area contributed by atoms with Crippen molar-refractivity contribution in [3.8, 4) is 5.75 Å². The summed E-state index contributed by atoms with van der Waals surface area (Å²) in [4.78, 5) is 18.4. The molecule has 0 N–H and O–H groups in total. The van der Waals surface area contributed by atoms with Gasteiger partial charge in [-0.2, -0.15) is 0 Å². The van der Waals surface area contributed by atoms with Gasteiger partial charge in [0.2, 0.25) is 0 Å². The van der Waals surface area contributed by atoms with Gasteiger partial charge in [0.05, 0.1) is 12.3 Å². The van der Waals surface area contributed by atoms with Crippen molar-refractivity contribution in [1.82, 2.24) is 9.88 Å². The van der Waals surface area contributed by atoms with E-state index in [1.165, 1.54) is 0 Å². The van der Waals surface area contributed by atoms with E-state index in [4.69, 9.17) is 4.74 Å². The van der Waals surface area contributed by atoms with Gasteiger partial charge in [0.1, 0.15) is 5.75 Å². The maximum absolute atomic E-state index is 12.1. The van der Waals surface area contributed by atoms with Crippen LogP contribution in [0.25, 0.3) is 0 Å². The smallest absolute Gasteiger partial charge is 0.165 e. The van der Waals surface area contributed by atoms with Crippen LogP contribution in [0.5, 0.6) is 5.75 Å². The molecule has 0 aliphatic rings. The Morgan fingerprint density at radius 1 is 1.32 bits per heavy atom. The van der Waals surface area contributed by atoms with E-state index in [1.807, 2.05) is 13.8 Å². The van der Waals surface area contributed by atoms with Crippen molar-refractivity contribution >= 4 is 5.78 Å². The van der Waals surface area contributed by atoms with E-state index < -0.39 is 0 Å². The number of ketones is 1. The summed E-state index contributed by atoms with van der Waals surface area (Å²) in [5.41, 5.74) is 0.630. The Balaban J connectivity index is 2.61. The van der Waals surface area contributed by atoms with Crippen molar-refractivity contribution in [2.45, 2.75) is 40.2 Å². The number of rotatable bonds is 8. The van der Waals surface area contributed by atoms with Crippen LogP contribution in [0.4, 0.5) is 0 Å². The van der Waals surface area contributed by atoms with Crippen molar-refractivity contribution in [1.29, 1.82) is 0 Å². The summed E-state index contributed by atoms with van der Waals surface area (Å²) < 4.78 is 5.55. The van der Waals surface area contributed by atoms with Crippen LogP contribution < -0.4 is 4.74 Å². The van der Waals surface area contributed by atoms with E-state index in [0.29, 0.717) is 17.7 Å². The molecule has 0 spiro atoms. The first-order valence-electron chi connectivity index (χ1n) is 6.94. The van der Waals surface area contributed by atoms with Crippen LogP contribution >= 0.6 is 0 Å². The average molecular weight is 264 g/mol. The molecular weight excluding hydrogens is 240 g/mol. The number of hydrogen-bond donors (Lipinski definition) is 0. The predicted octanol–water partition coefficient (Wildman–Crippen LogP) is 2.78. The largest absolute Gasteiger partial charge is 0.489 e. The fraction of sp³-hybridized carbons (Fsp3) is 0.600. The third kappa shape index (κ3) is 5.39. The summed E-state index contributed by atoms with van der Waals surface area (Å²) >= 11 is 0. The Bertz CT molecular complexity index is 401. The minimum atomic E-state index is 0.0860. The maximum Gasteiger partial charge on any atom is 0.165 e. The highest BCUT2D eigenvalue weighted by atomic mass is 16.5. The second kappa shape index (κ2) is 7.89. The van der Waals surface area contributed by atoms with Crippen molar-refractivity contribution < 1.29 is 9.53 Å². The Hall–Kier alpha value is -1.42. The highest BCUT2D eigenvalue weighted by Crippen LogP contribution is 2.14. The molecule has 1 rings (SSSR count). The molecule has 0 saturated heterocycles. The molecule has 0 radical (unpaired) electrons. The Morgan fingerprint density at radius 2 is 2.00 bits per heavy atom. The van der Waals surface area contributed by atoms with Crippen LogP contribution in [0.3, 0.4) is 0 Å². The van der Waals surface area contributed by atoms with E-state index in [2.05, 4.69) is 23.7 Å². The first-order chi connectivity index (χ1) is 9.06. The predicted molar refractivity (Wildman–Crippen MR) is 76.7 cm³/mol. The van der Waals surface area contributed by atoms with Gasteiger partial charge in [-0.05, 0) is 33.0 Å². The molecule has 0 unspecified atom stereocenters. The molecule has 106 valence electrons. The Morgan fingerprint density at radius 3 is 2.58 bits per heavy atom. The number of ether oxygens (including phenoxy) is 1. The fourth-order valence-corrected chi connectivity index (χ4v) is 1.85. The van der Waals surface area contributed by atoms with Crippen LogP contribution in [0, 0.1) is 0 Å². The second-order valence-electron chi connectivity index (χ2n) is 4.78. The van der Waals surface area contributed by atoms with Gasteiger partial charge >= 0.3 is 0 Å². The fourth-order valence-electron chi connectivity index (χ4n) is 1.85. The number of carbonyl (C=O) groups is 1. The third-order valence-electron chi connectivity index (χ3n) is 2.96. The number of nitrogens with zero attached hydrogens (tertiary/aromatic N) is 2. The highest BCUT2D eigenvalue weighted by molar-refractivity contribution is 5.96. The molecule has 19 heavy (non-hydrogen) atoms. The summed E-state index contributed by atoms with van der Waals surface area (Å²) in [5.74, 6) is 0.775. The molecule has 0 amide bonds.